The molecule has 4 nitrogen and oxygen atoms in total. The Morgan fingerprint density at radius 3 is 2.86 bits per heavy atom. The predicted octanol–water partition coefficient (Wildman–Crippen LogP) is 0.282. The van der Waals surface area contributed by atoms with Gasteiger partial charge in [0.15, 0.2) is 0 Å². The lowest BCUT2D eigenvalue weighted by atomic mass is 10.0. The van der Waals surface area contributed by atoms with Gasteiger partial charge in [0.25, 0.3) is 0 Å². The van der Waals surface area contributed by atoms with Gasteiger partial charge in [-0.25, -0.2) is 0 Å². The lowest BCUT2D eigenvalue weighted by molar-refractivity contribution is 0.0377. The van der Waals surface area contributed by atoms with Crippen LogP contribution < -0.4 is 5.73 Å². The van der Waals surface area contributed by atoms with Crippen LogP contribution in [0.4, 0.5) is 0 Å². The van der Waals surface area contributed by atoms with Crippen molar-refractivity contribution in [3.63, 3.8) is 0 Å². The highest BCUT2D eigenvalue weighted by Gasteiger charge is 2.35. The molecule has 2 atom stereocenters. The summed E-state index contributed by atoms with van der Waals surface area (Å²) in [5.74, 6) is 0. The molecule has 1 saturated carbocycles. The van der Waals surface area contributed by atoms with Gasteiger partial charge in [-0.2, -0.15) is 0 Å². The lowest BCUT2D eigenvalue weighted by Crippen LogP contribution is -2.41. The van der Waals surface area contributed by atoms with E-state index in [9.17, 15) is 0 Å². The standard InChI is InChI=1S/C10H21NO3/c1-13-5-2-6-14-9-3-4-10(11,7-9)8-12/h9,12H,2-8,11H2,1H3. The molecule has 3 N–H and O–H groups in total. The van der Waals surface area contributed by atoms with Gasteiger partial charge in [0.1, 0.15) is 0 Å². The second kappa shape index (κ2) is 5.66. The van der Waals surface area contributed by atoms with Gasteiger partial charge in [0.05, 0.1) is 12.7 Å². The largest absolute Gasteiger partial charge is 0.394 e. The van der Waals surface area contributed by atoms with Crippen LogP contribution in [0, 0.1) is 0 Å². The molecule has 0 aromatic carbocycles. The van der Waals surface area contributed by atoms with Crippen LogP contribution in [0.2, 0.25) is 0 Å². The summed E-state index contributed by atoms with van der Waals surface area (Å²) in [7, 11) is 1.69. The van der Waals surface area contributed by atoms with Gasteiger partial charge in [-0.3, -0.25) is 0 Å². The molecule has 0 spiro atoms. The summed E-state index contributed by atoms with van der Waals surface area (Å²) < 4.78 is 10.6. The monoisotopic (exact) mass is 203 g/mol. The van der Waals surface area contributed by atoms with E-state index in [1.807, 2.05) is 0 Å². The van der Waals surface area contributed by atoms with Crippen molar-refractivity contribution in [1.82, 2.24) is 0 Å². The first-order valence-corrected chi connectivity index (χ1v) is 5.20. The molecule has 4 heteroatoms. The Kier molecular flexibility index (Phi) is 4.81. The van der Waals surface area contributed by atoms with E-state index in [0.29, 0.717) is 0 Å². The van der Waals surface area contributed by atoms with Crippen LogP contribution in [0.1, 0.15) is 25.7 Å². The Morgan fingerprint density at radius 1 is 1.50 bits per heavy atom. The maximum atomic E-state index is 9.05. The van der Waals surface area contributed by atoms with Gasteiger partial charge in [0, 0.05) is 25.9 Å². The van der Waals surface area contributed by atoms with Crippen LogP contribution in [-0.4, -0.2) is 43.7 Å². The quantitative estimate of drug-likeness (QED) is 0.609. The highest BCUT2D eigenvalue weighted by Crippen LogP contribution is 2.29. The van der Waals surface area contributed by atoms with Crippen molar-refractivity contribution in [2.24, 2.45) is 5.73 Å². The molecule has 0 saturated heterocycles. The fourth-order valence-corrected chi connectivity index (χ4v) is 1.85. The zero-order valence-electron chi connectivity index (χ0n) is 8.87. The number of aliphatic hydroxyl groups excluding tert-OH is 1. The van der Waals surface area contributed by atoms with Gasteiger partial charge < -0.3 is 20.3 Å². The van der Waals surface area contributed by atoms with E-state index in [1.165, 1.54) is 0 Å². The highest BCUT2D eigenvalue weighted by atomic mass is 16.5. The maximum absolute atomic E-state index is 9.05. The van der Waals surface area contributed by atoms with Gasteiger partial charge in [-0.1, -0.05) is 0 Å². The fourth-order valence-electron chi connectivity index (χ4n) is 1.85. The first-order chi connectivity index (χ1) is 6.70. The Balaban J connectivity index is 2.10. The Labute approximate surface area is 85.4 Å². The number of hydrogen-bond donors (Lipinski definition) is 2. The average Bonchev–Trinajstić information content (AvgIpc) is 2.56. The van der Waals surface area contributed by atoms with E-state index >= 15 is 0 Å². The van der Waals surface area contributed by atoms with Crippen LogP contribution in [-0.2, 0) is 9.47 Å². The first kappa shape index (κ1) is 11.9. The molecule has 84 valence electrons. The molecule has 1 aliphatic rings. The normalized spacial score (nSPS) is 32.4. The lowest BCUT2D eigenvalue weighted by Gasteiger charge is -2.20. The first-order valence-electron chi connectivity index (χ1n) is 5.20. The summed E-state index contributed by atoms with van der Waals surface area (Å²) in [5, 5.41) is 9.05. The van der Waals surface area contributed by atoms with E-state index in [-0.39, 0.29) is 12.7 Å². The van der Waals surface area contributed by atoms with Crippen molar-refractivity contribution in [1.29, 1.82) is 0 Å². The van der Waals surface area contributed by atoms with E-state index in [4.69, 9.17) is 20.3 Å². The summed E-state index contributed by atoms with van der Waals surface area (Å²) in [5.41, 5.74) is 5.53. The molecule has 1 aliphatic carbocycles. The summed E-state index contributed by atoms with van der Waals surface area (Å²) in [6.07, 6.45) is 3.74. The Morgan fingerprint density at radius 2 is 2.29 bits per heavy atom. The number of ether oxygens (including phenoxy) is 2. The molecule has 0 amide bonds. The minimum Gasteiger partial charge on any atom is -0.394 e. The minimum atomic E-state index is -0.397. The zero-order chi connectivity index (χ0) is 10.4. The van der Waals surface area contributed by atoms with Gasteiger partial charge in [-0.15, -0.1) is 0 Å². The summed E-state index contributed by atoms with van der Waals surface area (Å²) in [4.78, 5) is 0. The molecule has 14 heavy (non-hydrogen) atoms. The summed E-state index contributed by atoms with van der Waals surface area (Å²) >= 11 is 0. The molecule has 0 heterocycles. The van der Waals surface area contributed by atoms with Crippen LogP contribution in [0.15, 0.2) is 0 Å². The van der Waals surface area contributed by atoms with Crippen molar-refractivity contribution >= 4 is 0 Å². The highest BCUT2D eigenvalue weighted by molar-refractivity contribution is 4.93. The maximum Gasteiger partial charge on any atom is 0.0612 e. The molecule has 0 radical (unpaired) electrons. The van der Waals surface area contributed by atoms with E-state index in [1.54, 1.807) is 7.11 Å². The van der Waals surface area contributed by atoms with Crippen LogP contribution in [0.3, 0.4) is 0 Å². The Bertz CT molecular complexity index is 165. The number of methoxy groups -OCH3 is 1. The average molecular weight is 203 g/mol. The molecule has 0 aromatic rings. The third-order valence-corrected chi connectivity index (χ3v) is 2.76. The van der Waals surface area contributed by atoms with E-state index in [0.717, 1.165) is 38.9 Å². The SMILES string of the molecule is COCCCOC1CCC(N)(CO)C1. The third kappa shape index (κ3) is 3.53. The van der Waals surface area contributed by atoms with Crippen molar-refractivity contribution in [3.8, 4) is 0 Å². The van der Waals surface area contributed by atoms with Crippen LogP contribution >= 0.6 is 0 Å². The van der Waals surface area contributed by atoms with Crippen LogP contribution in [0.25, 0.3) is 0 Å². The van der Waals surface area contributed by atoms with Crippen molar-refractivity contribution < 1.29 is 14.6 Å². The predicted molar refractivity (Wildman–Crippen MR) is 54.1 cm³/mol. The third-order valence-electron chi connectivity index (χ3n) is 2.76. The summed E-state index contributed by atoms with van der Waals surface area (Å²) in [6.45, 7) is 1.52. The molecule has 2 unspecified atom stereocenters. The molecule has 0 bridgehead atoms. The number of hydrogen-bond acceptors (Lipinski definition) is 4. The van der Waals surface area contributed by atoms with Crippen molar-refractivity contribution in [3.05, 3.63) is 0 Å². The number of nitrogens with two attached hydrogens (primary N) is 1. The zero-order valence-corrected chi connectivity index (χ0v) is 8.87. The topological polar surface area (TPSA) is 64.7 Å². The fraction of sp³-hybridized carbons (Fsp3) is 1.00. The molecule has 1 fully saturated rings. The van der Waals surface area contributed by atoms with Gasteiger partial charge in [-0.05, 0) is 25.7 Å². The van der Waals surface area contributed by atoms with E-state index < -0.39 is 5.54 Å². The molecular formula is C10H21NO3. The van der Waals surface area contributed by atoms with Crippen molar-refractivity contribution in [2.45, 2.75) is 37.3 Å². The number of aliphatic hydroxyl groups is 1. The smallest absolute Gasteiger partial charge is 0.0612 e. The van der Waals surface area contributed by atoms with Gasteiger partial charge in [0.2, 0.25) is 0 Å². The molecule has 0 aromatic heterocycles. The number of rotatable bonds is 6. The summed E-state index contributed by atoms with van der Waals surface area (Å²) in [6, 6.07) is 0. The minimum absolute atomic E-state index is 0.0604. The van der Waals surface area contributed by atoms with Crippen molar-refractivity contribution in [2.75, 3.05) is 26.9 Å². The molecule has 0 aliphatic heterocycles. The second-order valence-corrected chi connectivity index (χ2v) is 4.10. The second-order valence-electron chi connectivity index (χ2n) is 4.10. The molecule has 1 rings (SSSR count). The van der Waals surface area contributed by atoms with E-state index in [2.05, 4.69) is 0 Å². The molecular weight excluding hydrogens is 182 g/mol. The van der Waals surface area contributed by atoms with Crippen LogP contribution in [0.5, 0.6) is 0 Å². The Hall–Kier alpha value is -0.160. The van der Waals surface area contributed by atoms with Gasteiger partial charge >= 0.3 is 0 Å².